The van der Waals surface area contributed by atoms with Crippen molar-refractivity contribution in [2.75, 3.05) is 6.54 Å². The van der Waals surface area contributed by atoms with E-state index in [4.69, 9.17) is 0 Å². The molecule has 0 amide bonds. The average molecular weight is 190 g/mol. The predicted octanol–water partition coefficient (Wildman–Crippen LogP) is 1.15. The van der Waals surface area contributed by atoms with E-state index in [-0.39, 0.29) is 0 Å². The molecule has 0 unspecified atom stereocenters. The minimum Gasteiger partial charge on any atom is -0.311 e. The van der Waals surface area contributed by atoms with Gasteiger partial charge in [0.2, 0.25) is 0 Å². The molecule has 4 heteroatoms. The largest absolute Gasteiger partial charge is 0.311 e. The van der Waals surface area contributed by atoms with Crippen molar-refractivity contribution in [1.29, 1.82) is 0 Å². The van der Waals surface area contributed by atoms with Gasteiger partial charge >= 0.3 is 0 Å². The molecule has 0 fully saturated rings. The van der Waals surface area contributed by atoms with E-state index in [1.807, 2.05) is 29.8 Å². The number of nitrogens with one attached hydrogen (secondary N) is 1. The molecule has 2 rings (SSSR count). The summed E-state index contributed by atoms with van der Waals surface area (Å²) in [6.45, 7) is 5.87. The van der Waals surface area contributed by atoms with Crippen LogP contribution in [0.3, 0.4) is 0 Å². The Morgan fingerprint density at radius 1 is 1.50 bits per heavy atom. The van der Waals surface area contributed by atoms with E-state index in [0.717, 1.165) is 30.1 Å². The van der Waals surface area contributed by atoms with Crippen LogP contribution in [0.4, 0.5) is 0 Å². The quantitative estimate of drug-likeness (QED) is 0.789. The van der Waals surface area contributed by atoms with Gasteiger partial charge in [-0.1, -0.05) is 6.92 Å². The zero-order valence-corrected chi connectivity index (χ0v) is 8.49. The molecule has 2 aromatic rings. The molecule has 2 heterocycles. The summed E-state index contributed by atoms with van der Waals surface area (Å²) in [5.41, 5.74) is 3.06. The Hall–Kier alpha value is -1.42. The Bertz CT molecular complexity index is 433. The smallest absolute Gasteiger partial charge is 0.155 e. The van der Waals surface area contributed by atoms with Crippen LogP contribution >= 0.6 is 0 Å². The first kappa shape index (κ1) is 9.15. The van der Waals surface area contributed by atoms with Crippen molar-refractivity contribution in [3.63, 3.8) is 0 Å². The van der Waals surface area contributed by atoms with Gasteiger partial charge in [-0.15, -0.1) is 0 Å². The third-order valence-corrected chi connectivity index (χ3v) is 2.15. The topological polar surface area (TPSA) is 42.2 Å². The third kappa shape index (κ3) is 1.61. The minimum atomic E-state index is 0.805. The summed E-state index contributed by atoms with van der Waals surface area (Å²) in [5, 5.41) is 7.68. The van der Waals surface area contributed by atoms with Crippen LogP contribution in [0.5, 0.6) is 0 Å². The molecule has 74 valence electrons. The highest BCUT2D eigenvalue weighted by Gasteiger charge is 2.02. The average Bonchev–Trinajstić information content (AvgIpc) is 2.59. The highest BCUT2D eigenvalue weighted by atomic mass is 15.3. The van der Waals surface area contributed by atoms with Gasteiger partial charge in [0.15, 0.2) is 5.65 Å². The molecule has 0 aliphatic rings. The molecule has 0 spiro atoms. The number of aromatic nitrogens is 3. The van der Waals surface area contributed by atoms with Gasteiger partial charge < -0.3 is 5.32 Å². The molecule has 0 aromatic carbocycles. The molecule has 0 saturated heterocycles. The number of nitrogens with zero attached hydrogens (tertiary/aromatic N) is 3. The highest BCUT2D eigenvalue weighted by molar-refractivity contribution is 5.39. The summed E-state index contributed by atoms with van der Waals surface area (Å²) in [6, 6.07) is 3.96. The van der Waals surface area contributed by atoms with Crippen LogP contribution in [-0.4, -0.2) is 21.1 Å². The Kier molecular flexibility index (Phi) is 2.45. The first-order valence-corrected chi connectivity index (χ1v) is 4.82. The summed E-state index contributed by atoms with van der Waals surface area (Å²) in [7, 11) is 0. The van der Waals surface area contributed by atoms with Crippen LogP contribution in [0.25, 0.3) is 5.65 Å². The van der Waals surface area contributed by atoms with Crippen molar-refractivity contribution in [3.8, 4) is 0 Å². The molecule has 14 heavy (non-hydrogen) atoms. The molecule has 0 aliphatic carbocycles. The first-order valence-electron chi connectivity index (χ1n) is 4.82. The fraction of sp³-hybridized carbons (Fsp3) is 0.400. The van der Waals surface area contributed by atoms with Crippen LogP contribution in [0.15, 0.2) is 18.3 Å². The van der Waals surface area contributed by atoms with Gasteiger partial charge in [-0.05, 0) is 19.5 Å². The molecule has 1 N–H and O–H groups in total. The summed E-state index contributed by atoms with van der Waals surface area (Å²) >= 11 is 0. The second kappa shape index (κ2) is 3.75. The molecule has 2 aromatic heterocycles. The molecule has 4 nitrogen and oxygen atoms in total. The Labute approximate surface area is 83.0 Å². The third-order valence-electron chi connectivity index (χ3n) is 2.15. The van der Waals surface area contributed by atoms with Crippen LogP contribution in [0.2, 0.25) is 0 Å². The highest BCUT2D eigenvalue weighted by Crippen LogP contribution is 2.05. The molecule has 0 atom stereocenters. The van der Waals surface area contributed by atoms with Gasteiger partial charge in [-0.2, -0.15) is 5.10 Å². The Morgan fingerprint density at radius 2 is 2.36 bits per heavy atom. The minimum absolute atomic E-state index is 0.805. The van der Waals surface area contributed by atoms with Crippen molar-refractivity contribution in [2.24, 2.45) is 0 Å². The van der Waals surface area contributed by atoms with Crippen molar-refractivity contribution >= 4 is 5.65 Å². The van der Waals surface area contributed by atoms with Gasteiger partial charge in [-0.25, -0.2) is 9.50 Å². The number of rotatable bonds is 3. The van der Waals surface area contributed by atoms with Crippen LogP contribution < -0.4 is 5.32 Å². The van der Waals surface area contributed by atoms with E-state index < -0.39 is 0 Å². The summed E-state index contributed by atoms with van der Waals surface area (Å²) in [5.74, 6) is 0. The summed E-state index contributed by atoms with van der Waals surface area (Å²) < 4.78 is 1.87. The summed E-state index contributed by atoms with van der Waals surface area (Å²) in [6.07, 6.45) is 1.81. The number of fused-ring (bicyclic) bond motifs is 1. The van der Waals surface area contributed by atoms with E-state index in [2.05, 4.69) is 22.3 Å². The van der Waals surface area contributed by atoms with Crippen molar-refractivity contribution in [3.05, 3.63) is 29.7 Å². The number of aryl methyl sites for hydroxylation is 1. The fourth-order valence-corrected chi connectivity index (χ4v) is 1.40. The maximum atomic E-state index is 4.44. The lowest BCUT2D eigenvalue weighted by atomic mass is 10.4. The van der Waals surface area contributed by atoms with Crippen molar-refractivity contribution in [1.82, 2.24) is 19.9 Å². The van der Waals surface area contributed by atoms with Crippen LogP contribution in [-0.2, 0) is 6.54 Å². The Morgan fingerprint density at radius 3 is 3.07 bits per heavy atom. The van der Waals surface area contributed by atoms with Crippen molar-refractivity contribution in [2.45, 2.75) is 20.4 Å². The molecular weight excluding hydrogens is 176 g/mol. The van der Waals surface area contributed by atoms with E-state index in [1.54, 1.807) is 0 Å². The molecule has 0 aliphatic heterocycles. The molecule has 0 radical (unpaired) electrons. The molecule has 0 saturated carbocycles. The lowest BCUT2D eigenvalue weighted by molar-refractivity contribution is 0.699. The second-order valence-electron chi connectivity index (χ2n) is 3.27. The molecular formula is C10H14N4. The maximum absolute atomic E-state index is 4.44. The van der Waals surface area contributed by atoms with Crippen LogP contribution in [0.1, 0.15) is 18.3 Å². The number of hydrogen-bond donors (Lipinski definition) is 1. The predicted molar refractivity (Wildman–Crippen MR) is 55.1 cm³/mol. The van der Waals surface area contributed by atoms with Gasteiger partial charge in [0.25, 0.3) is 0 Å². The zero-order valence-electron chi connectivity index (χ0n) is 8.49. The second-order valence-corrected chi connectivity index (χ2v) is 3.27. The standard InChI is InChI=1S/C10H14N4/c1-3-11-7-9-6-10-12-5-4-8(2)14(10)13-9/h4-6,11H,3,7H2,1-2H3. The van der Waals surface area contributed by atoms with Crippen LogP contribution in [0, 0.1) is 6.92 Å². The fourth-order valence-electron chi connectivity index (χ4n) is 1.40. The lowest BCUT2D eigenvalue weighted by Crippen LogP contribution is -2.12. The van der Waals surface area contributed by atoms with E-state index in [0.29, 0.717) is 0 Å². The van der Waals surface area contributed by atoms with E-state index in [9.17, 15) is 0 Å². The van der Waals surface area contributed by atoms with Gasteiger partial charge in [-0.3, -0.25) is 0 Å². The molecule has 0 bridgehead atoms. The Balaban J connectivity index is 2.36. The van der Waals surface area contributed by atoms with Gasteiger partial charge in [0.1, 0.15) is 0 Å². The van der Waals surface area contributed by atoms with Gasteiger partial charge in [0.05, 0.1) is 5.69 Å². The van der Waals surface area contributed by atoms with E-state index >= 15 is 0 Å². The lowest BCUT2D eigenvalue weighted by Gasteiger charge is -1.96. The SMILES string of the molecule is CCNCc1cc2nccc(C)n2n1. The van der Waals surface area contributed by atoms with E-state index in [1.165, 1.54) is 0 Å². The first-order chi connectivity index (χ1) is 6.81. The number of hydrogen-bond acceptors (Lipinski definition) is 3. The maximum Gasteiger partial charge on any atom is 0.155 e. The normalized spacial score (nSPS) is 11.0. The van der Waals surface area contributed by atoms with Crippen molar-refractivity contribution < 1.29 is 0 Å². The monoisotopic (exact) mass is 190 g/mol. The summed E-state index contributed by atoms with van der Waals surface area (Å²) in [4.78, 5) is 4.24. The van der Waals surface area contributed by atoms with Gasteiger partial charge in [0, 0.05) is 24.5 Å². The zero-order chi connectivity index (χ0) is 9.97.